The highest BCUT2D eigenvalue weighted by molar-refractivity contribution is 5.76. The van der Waals surface area contributed by atoms with Crippen LogP contribution in [-0.2, 0) is 11.2 Å². The summed E-state index contributed by atoms with van der Waals surface area (Å²) in [5.41, 5.74) is 0.920. The van der Waals surface area contributed by atoms with Crippen molar-refractivity contribution in [3.8, 4) is 0 Å². The smallest absolute Gasteiger partial charge is 0.223 e. The number of carbonyl (C=O) groups is 1. The maximum atomic E-state index is 13.3. The van der Waals surface area contributed by atoms with Crippen molar-refractivity contribution in [1.82, 2.24) is 9.80 Å². The summed E-state index contributed by atoms with van der Waals surface area (Å²) in [6.07, 6.45) is 3.04. The number of amides is 1. The van der Waals surface area contributed by atoms with Gasteiger partial charge in [-0.3, -0.25) is 4.79 Å². The summed E-state index contributed by atoms with van der Waals surface area (Å²) in [6.45, 7) is 4.39. The number of carbonyl (C=O) groups excluding carboxylic acids is 1. The molecule has 1 N–H and O–H groups in total. The molecule has 0 aromatic heterocycles. The van der Waals surface area contributed by atoms with Crippen LogP contribution < -0.4 is 0 Å². The van der Waals surface area contributed by atoms with Gasteiger partial charge in [0.25, 0.3) is 0 Å². The first kappa shape index (κ1) is 18.9. The lowest BCUT2D eigenvalue weighted by Gasteiger charge is -2.37. The predicted molar refractivity (Wildman–Crippen MR) is 93.2 cm³/mol. The molecule has 1 heterocycles. The fraction of sp³-hybridized carbons (Fsp3) is 0.632. The zero-order valence-corrected chi connectivity index (χ0v) is 14.7. The molecular weight excluding hydrogens is 307 g/mol. The van der Waals surface area contributed by atoms with Gasteiger partial charge in [0.2, 0.25) is 5.91 Å². The average molecular weight is 336 g/mol. The van der Waals surface area contributed by atoms with Gasteiger partial charge < -0.3 is 14.9 Å². The number of piperidine rings is 1. The standard InChI is InChI=1S/C19H29FN2O2/c1-15(12-16-4-3-5-17(20)14-16)13-19(24)22(10-11-23)18-6-8-21(2)9-7-18/h3-5,14-15,18,23H,6-13H2,1-2H3. The van der Waals surface area contributed by atoms with E-state index in [9.17, 15) is 14.3 Å². The average Bonchev–Trinajstić information content (AvgIpc) is 2.53. The molecule has 1 aromatic rings. The van der Waals surface area contributed by atoms with Crippen LogP contribution in [0.5, 0.6) is 0 Å². The molecule has 0 radical (unpaired) electrons. The Morgan fingerprint density at radius 2 is 2.12 bits per heavy atom. The number of hydrogen-bond acceptors (Lipinski definition) is 3. The third-order valence-electron chi connectivity index (χ3n) is 4.79. The molecule has 1 aliphatic heterocycles. The first-order valence-electron chi connectivity index (χ1n) is 8.83. The summed E-state index contributed by atoms with van der Waals surface area (Å²) >= 11 is 0. The van der Waals surface area contributed by atoms with Gasteiger partial charge in [-0.2, -0.15) is 0 Å². The second kappa shape index (κ2) is 9.14. The van der Waals surface area contributed by atoms with Crippen molar-refractivity contribution in [2.75, 3.05) is 33.3 Å². The van der Waals surface area contributed by atoms with Gasteiger partial charge in [-0.15, -0.1) is 0 Å². The lowest BCUT2D eigenvalue weighted by Crippen LogP contribution is -2.48. The van der Waals surface area contributed by atoms with Crippen LogP contribution in [0.25, 0.3) is 0 Å². The number of likely N-dealkylation sites (tertiary alicyclic amines) is 1. The summed E-state index contributed by atoms with van der Waals surface area (Å²) in [5.74, 6) is 0.00789. The second-order valence-electron chi connectivity index (χ2n) is 6.99. The van der Waals surface area contributed by atoms with Gasteiger partial charge >= 0.3 is 0 Å². The molecule has 1 amide bonds. The van der Waals surface area contributed by atoms with E-state index in [4.69, 9.17) is 0 Å². The fourth-order valence-corrected chi connectivity index (χ4v) is 3.48. The molecule has 24 heavy (non-hydrogen) atoms. The lowest BCUT2D eigenvalue weighted by molar-refractivity contribution is -0.136. The zero-order chi connectivity index (χ0) is 17.5. The van der Waals surface area contributed by atoms with E-state index >= 15 is 0 Å². The molecule has 1 aromatic carbocycles. The van der Waals surface area contributed by atoms with Crippen molar-refractivity contribution < 1.29 is 14.3 Å². The van der Waals surface area contributed by atoms with Crippen LogP contribution in [0.15, 0.2) is 24.3 Å². The van der Waals surface area contributed by atoms with E-state index in [2.05, 4.69) is 11.9 Å². The zero-order valence-electron chi connectivity index (χ0n) is 14.7. The fourth-order valence-electron chi connectivity index (χ4n) is 3.48. The molecular formula is C19H29FN2O2. The minimum absolute atomic E-state index is 0.00361. The Kier molecular flexibility index (Phi) is 7.18. The van der Waals surface area contributed by atoms with E-state index in [-0.39, 0.29) is 30.3 Å². The summed E-state index contributed by atoms with van der Waals surface area (Å²) in [5, 5.41) is 9.32. The van der Waals surface area contributed by atoms with Crippen molar-refractivity contribution >= 4 is 5.91 Å². The Morgan fingerprint density at radius 1 is 1.42 bits per heavy atom. The minimum Gasteiger partial charge on any atom is -0.395 e. The van der Waals surface area contributed by atoms with Crippen molar-refractivity contribution in [3.05, 3.63) is 35.6 Å². The van der Waals surface area contributed by atoms with E-state index in [1.165, 1.54) is 12.1 Å². The van der Waals surface area contributed by atoms with Crippen LogP contribution in [0.2, 0.25) is 0 Å². The maximum Gasteiger partial charge on any atom is 0.223 e. The van der Waals surface area contributed by atoms with E-state index in [0.717, 1.165) is 31.5 Å². The quantitative estimate of drug-likeness (QED) is 0.831. The SMILES string of the molecule is CC(CC(=O)N(CCO)C1CCN(C)CC1)Cc1cccc(F)c1. The number of nitrogens with zero attached hydrogens (tertiary/aromatic N) is 2. The Balaban J connectivity index is 1.91. The topological polar surface area (TPSA) is 43.8 Å². The predicted octanol–water partition coefficient (Wildman–Crippen LogP) is 2.31. The number of benzene rings is 1. The van der Waals surface area contributed by atoms with Gasteiger partial charge in [-0.25, -0.2) is 4.39 Å². The number of halogens is 1. The minimum atomic E-state index is -0.237. The van der Waals surface area contributed by atoms with Crippen molar-refractivity contribution in [2.45, 2.75) is 38.6 Å². The third-order valence-corrected chi connectivity index (χ3v) is 4.79. The lowest BCUT2D eigenvalue weighted by atomic mass is 9.96. The molecule has 1 unspecified atom stereocenters. The van der Waals surface area contributed by atoms with Gasteiger partial charge in [0, 0.05) is 19.0 Å². The van der Waals surface area contributed by atoms with Crippen LogP contribution in [0.1, 0.15) is 31.7 Å². The molecule has 1 atom stereocenters. The van der Waals surface area contributed by atoms with Crippen molar-refractivity contribution in [1.29, 1.82) is 0 Å². The molecule has 134 valence electrons. The summed E-state index contributed by atoms with van der Waals surface area (Å²) in [7, 11) is 2.09. The maximum absolute atomic E-state index is 13.3. The van der Waals surface area contributed by atoms with E-state index in [1.54, 1.807) is 6.07 Å². The van der Waals surface area contributed by atoms with Crippen molar-refractivity contribution in [2.24, 2.45) is 5.92 Å². The molecule has 2 rings (SSSR count). The first-order valence-corrected chi connectivity index (χ1v) is 8.83. The Labute approximate surface area is 144 Å². The van der Waals surface area contributed by atoms with E-state index < -0.39 is 0 Å². The molecule has 0 spiro atoms. The van der Waals surface area contributed by atoms with E-state index in [1.807, 2.05) is 17.9 Å². The molecule has 1 aliphatic rings. The number of aliphatic hydroxyl groups excluding tert-OH is 1. The van der Waals surface area contributed by atoms with E-state index in [0.29, 0.717) is 19.4 Å². The summed E-state index contributed by atoms with van der Waals surface area (Å²) in [4.78, 5) is 16.8. The molecule has 0 aliphatic carbocycles. The van der Waals surface area contributed by atoms with Crippen LogP contribution in [0, 0.1) is 11.7 Å². The van der Waals surface area contributed by atoms with Gasteiger partial charge in [0.05, 0.1) is 6.61 Å². The third kappa shape index (κ3) is 5.56. The van der Waals surface area contributed by atoms with Gasteiger partial charge in [0.1, 0.15) is 5.82 Å². The normalized spacial score (nSPS) is 17.7. The molecule has 4 nitrogen and oxygen atoms in total. The molecule has 1 fully saturated rings. The Bertz CT molecular complexity index is 530. The summed E-state index contributed by atoms with van der Waals surface area (Å²) in [6, 6.07) is 6.79. The largest absolute Gasteiger partial charge is 0.395 e. The molecule has 5 heteroatoms. The summed E-state index contributed by atoms with van der Waals surface area (Å²) < 4.78 is 13.3. The highest BCUT2D eigenvalue weighted by atomic mass is 19.1. The van der Waals surface area contributed by atoms with Gasteiger partial charge in [-0.1, -0.05) is 19.1 Å². The van der Waals surface area contributed by atoms with Crippen LogP contribution in [-0.4, -0.2) is 60.1 Å². The highest BCUT2D eigenvalue weighted by Gasteiger charge is 2.27. The number of rotatable bonds is 7. The van der Waals surface area contributed by atoms with Gasteiger partial charge in [-0.05, 0) is 63.0 Å². The van der Waals surface area contributed by atoms with Gasteiger partial charge in [0.15, 0.2) is 0 Å². The first-order chi connectivity index (χ1) is 11.5. The Hall–Kier alpha value is -1.46. The molecule has 1 saturated heterocycles. The highest BCUT2D eigenvalue weighted by Crippen LogP contribution is 2.19. The Morgan fingerprint density at radius 3 is 2.75 bits per heavy atom. The molecule has 0 saturated carbocycles. The van der Waals surface area contributed by atoms with Crippen molar-refractivity contribution in [3.63, 3.8) is 0 Å². The molecule has 0 bridgehead atoms. The second-order valence-corrected chi connectivity index (χ2v) is 6.99. The number of aliphatic hydroxyl groups is 1. The van der Waals surface area contributed by atoms with Crippen LogP contribution in [0.4, 0.5) is 4.39 Å². The monoisotopic (exact) mass is 336 g/mol. The number of hydrogen-bond donors (Lipinski definition) is 1. The van der Waals surface area contributed by atoms with Crippen LogP contribution in [0.3, 0.4) is 0 Å². The van der Waals surface area contributed by atoms with Crippen LogP contribution >= 0.6 is 0 Å².